The van der Waals surface area contributed by atoms with Crippen molar-refractivity contribution in [3.8, 4) is 0 Å². The Hall–Kier alpha value is -0.680. The van der Waals surface area contributed by atoms with E-state index in [0.29, 0.717) is 0 Å². The van der Waals surface area contributed by atoms with Gasteiger partial charge in [-0.05, 0) is 17.9 Å². The predicted molar refractivity (Wildman–Crippen MR) is 73.7 cm³/mol. The number of rotatable bonds is 5. The van der Waals surface area contributed by atoms with Gasteiger partial charge < -0.3 is 4.90 Å². The van der Waals surface area contributed by atoms with Crippen molar-refractivity contribution in [3.63, 3.8) is 0 Å². The highest BCUT2D eigenvalue weighted by atomic mass is 79.9. The molecule has 0 amide bonds. The summed E-state index contributed by atoms with van der Waals surface area (Å²) in [5, 5.41) is 4.20. The largest absolute Gasteiger partial charge is 0.355 e. The van der Waals surface area contributed by atoms with Crippen molar-refractivity contribution >= 4 is 43.3 Å². The van der Waals surface area contributed by atoms with E-state index in [0.717, 1.165) is 35.5 Å². The minimum Gasteiger partial charge on any atom is -0.355 e. The maximum atomic E-state index is 4.42. The average Bonchev–Trinajstić information content (AvgIpc) is 2.76. The van der Waals surface area contributed by atoms with Crippen molar-refractivity contribution in [3.05, 3.63) is 17.8 Å². The molecule has 0 unspecified atom stereocenters. The van der Waals surface area contributed by atoms with Crippen LogP contribution in [0.15, 0.2) is 17.8 Å². The van der Waals surface area contributed by atoms with Gasteiger partial charge in [0, 0.05) is 18.4 Å². The fourth-order valence-electron chi connectivity index (χ4n) is 1.72. The van der Waals surface area contributed by atoms with Gasteiger partial charge in [0.25, 0.3) is 0 Å². The van der Waals surface area contributed by atoms with Crippen molar-refractivity contribution in [2.75, 3.05) is 23.3 Å². The number of hydrogen-bond acceptors (Lipinski definition) is 4. The first kappa shape index (κ1) is 11.8. The number of hydrogen-bond donors (Lipinski definition) is 0. The van der Waals surface area contributed by atoms with Gasteiger partial charge in [-0.1, -0.05) is 22.9 Å². The Morgan fingerprint density at radius 1 is 1.38 bits per heavy atom. The maximum absolute atomic E-state index is 4.42. The zero-order chi connectivity index (χ0) is 11.4. The molecule has 86 valence electrons. The van der Waals surface area contributed by atoms with Crippen LogP contribution in [-0.2, 0) is 0 Å². The molecule has 0 saturated carbocycles. The number of anilines is 1. The molecule has 0 aliphatic rings. The van der Waals surface area contributed by atoms with Gasteiger partial charge >= 0.3 is 0 Å². The quantitative estimate of drug-likeness (QED) is 0.793. The van der Waals surface area contributed by atoms with Crippen LogP contribution < -0.4 is 4.90 Å². The SMILES string of the molecule is CCCN(CCBr)c1ncnc2sccc12. The molecule has 0 spiro atoms. The van der Waals surface area contributed by atoms with Crippen LogP contribution in [0.2, 0.25) is 0 Å². The summed E-state index contributed by atoms with van der Waals surface area (Å²) >= 11 is 5.16. The van der Waals surface area contributed by atoms with E-state index < -0.39 is 0 Å². The monoisotopic (exact) mass is 299 g/mol. The summed E-state index contributed by atoms with van der Waals surface area (Å²) in [6.45, 7) is 4.20. The lowest BCUT2D eigenvalue weighted by atomic mass is 10.3. The Kier molecular flexibility index (Phi) is 4.12. The summed E-state index contributed by atoms with van der Waals surface area (Å²) in [4.78, 5) is 12.1. The van der Waals surface area contributed by atoms with Crippen molar-refractivity contribution in [2.24, 2.45) is 0 Å². The Morgan fingerprint density at radius 3 is 3.00 bits per heavy atom. The second kappa shape index (κ2) is 5.59. The van der Waals surface area contributed by atoms with E-state index in [-0.39, 0.29) is 0 Å². The van der Waals surface area contributed by atoms with Crippen molar-refractivity contribution in [1.82, 2.24) is 9.97 Å². The molecule has 2 heterocycles. The van der Waals surface area contributed by atoms with Crippen LogP contribution in [0.3, 0.4) is 0 Å². The van der Waals surface area contributed by atoms with Gasteiger partial charge in [0.05, 0.1) is 5.39 Å². The summed E-state index contributed by atoms with van der Waals surface area (Å²) in [5.41, 5.74) is 0. The maximum Gasteiger partial charge on any atom is 0.140 e. The van der Waals surface area contributed by atoms with Crippen LogP contribution in [0.1, 0.15) is 13.3 Å². The van der Waals surface area contributed by atoms with Crippen molar-refractivity contribution < 1.29 is 0 Å². The highest BCUT2D eigenvalue weighted by Crippen LogP contribution is 2.26. The molecule has 0 aliphatic heterocycles. The molecule has 0 N–H and O–H groups in total. The Labute approximate surface area is 108 Å². The van der Waals surface area contributed by atoms with E-state index in [2.05, 4.69) is 49.2 Å². The van der Waals surface area contributed by atoms with E-state index in [1.165, 1.54) is 5.39 Å². The minimum atomic E-state index is 0.961. The van der Waals surface area contributed by atoms with E-state index in [4.69, 9.17) is 0 Å². The van der Waals surface area contributed by atoms with Gasteiger partial charge in [-0.15, -0.1) is 11.3 Å². The lowest BCUT2D eigenvalue weighted by molar-refractivity contribution is 0.786. The third kappa shape index (κ3) is 2.35. The van der Waals surface area contributed by atoms with E-state index in [9.17, 15) is 0 Å². The molecule has 0 fully saturated rings. The molecule has 0 radical (unpaired) electrons. The molecule has 0 aromatic carbocycles. The van der Waals surface area contributed by atoms with Crippen LogP contribution in [0.5, 0.6) is 0 Å². The first-order chi connectivity index (χ1) is 7.86. The first-order valence-electron chi connectivity index (χ1n) is 5.36. The highest BCUT2D eigenvalue weighted by molar-refractivity contribution is 9.09. The van der Waals surface area contributed by atoms with Crippen LogP contribution >= 0.6 is 27.3 Å². The summed E-state index contributed by atoms with van der Waals surface area (Å²) in [6, 6.07) is 2.10. The van der Waals surface area contributed by atoms with Gasteiger partial charge in [0.2, 0.25) is 0 Å². The summed E-state index contributed by atoms with van der Waals surface area (Å²) < 4.78 is 0. The van der Waals surface area contributed by atoms with E-state index in [1.54, 1.807) is 17.7 Å². The Balaban J connectivity index is 2.38. The molecular formula is C11H14BrN3S. The second-order valence-corrected chi connectivity index (χ2v) is 5.20. The summed E-state index contributed by atoms with van der Waals surface area (Å²) in [5.74, 6) is 1.06. The standard InChI is InChI=1S/C11H14BrN3S/c1-2-5-15(6-4-12)10-9-3-7-16-11(9)14-8-13-10/h3,7-8H,2,4-6H2,1H3. The molecule has 2 aromatic heterocycles. The molecular weight excluding hydrogens is 286 g/mol. The van der Waals surface area contributed by atoms with Crippen LogP contribution in [0.25, 0.3) is 10.2 Å². The van der Waals surface area contributed by atoms with Gasteiger partial charge in [0.1, 0.15) is 17.0 Å². The number of halogens is 1. The second-order valence-electron chi connectivity index (χ2n) is 3.51. The first-order valence-corrected chi connectivity index (χ1v) is 7.36. The fourth-order valence-corrected chi connectivity index (χ4v) is 2.88. The van der Waals surface area contributed by atoms with Gasteiger partial charge in [-0.25, -0.2) is 9.97 Å². The Bertz CT molecular complexity index is 451. The molecule has 0 atom stereocenters. The van der Waals surface area contributed by atoms with Crippen molar-refractivity contribution in [1.29, 1.82) is 0 Å². The van der Waals surface area contributed by atoms with Crippen LogP contribution in [0.4, 0.5) is 5.82 Å². The number of alkyl halides is 1. The number of nitrogens with zero attached hydrogens (tertiary/aromatic N) is 3. The normalized spacial score (nSPS) is 10.9. The third-order valence-electron chi connectivity index (χ3n) is 2.39. The van der Waals surface area contributed by atoms with E-state index >= 15 is 0 Å². The minimum absolute atomic E-state index is 0.961. The molecule has 0 bridgehead atoms. The highest BCUT2D eigenvalue weighted by Gasteiger charge is 2.11. The topological polar surface area (TPSA) is 29.0 Å². The number of aromatic nitrogens is 2. The fraction of sp³-hybridized carbons (Fsp3) is 0.455. The van der Waals surface area contributed by atoms with Gasteiger partial charge in [-0.2, -0.15) is 0 Å². The number of thiophene rings is 1. The molecule has 5 heteroatoms. The summed E-state index contributed by atoms with van der Waals surface area (Å²) in [6.07, 6.45) is 2.79. The predicted octanol–water partition coefficient (Wildman–Crippen LogP) is 3.30. The summed E-state index contributed by atoms with van der Waals surface area (Å²) in [7, 11) is 0. The lowest BCUT2D eigenvalue weighted by Crippen LogP contribution is -2.27. The van der Waals surface area contributed by atoms with Crippen molar-refractivity contribution in [2.45, 2.75) is 13.3 Å². The zero-order valence-electron chi connectivity index (χ0n) is 9.19. The van der Waals surface area contributed by atoms with Crippen LogP contribution in [-0.4, -0.2) is 28.4 Å². The average molecular weight is 300 g/mol. The molecule has 0 aliphatic carbocycles. The molecule has 0 saturated heterocycles. The smallest absolute Gasteiger partial charge is 0.140 e. The van der Waals surface area contributed by atoms with Gasteiger partial charge in [0.15, 0.2) is 0 Å². The third-order valence-corrected chi connectivity index (χ3v) is 3.56. The molecule has 3 nitrogen and oxygen atoms in total. The molecule has 16 heavy (non-hydrogen) atoms. The van der Waals surface area contributed by atoms with Crippen LogP contribution in [0, 0.1) is 0 Å². The van der Waals surface area contributed by atoms with E-state index in [1.807, 2.05) is 0 Å². The zero-order valence-corrected chi connectivity index (χ0v) is 11.6. The van der Waals surface area contributed by atoms with Gasteiger partial charge in [-0.3, -0.25) is 0 Å². The Morgan fingerprint density at radius 2 is 2.25 bits per heavy atom. The molecule has 2 rings (SSSR count). The lowest BCUT2D eigenvalue weighted by Gasteiger charge is -2.22. The number of fused-ring (bicyclic) bond motifs is 1. The molecule has 2 aromatic rings.